The summed E-state index contributed by atoms with van der Waals surface area (Å²) in [5.74, 6) is -1.26. The van der Waals surface area contributed by atoms with Crippen LogP contribution >= 0.6 is 0 Å². The summed E-state index contributed by atoms with van der Waals surface area (Å²) in [6, 6.07) is 3.27. The Hall–Kier alpha value is -1.82. The second kappa shape index (κ2) is 5.01. The monoisotopic (exact) mass is 238 g/mol. The summed E-state index contributed by atoms with van der Waals surface area (Å²) >= 11 is 0. The Morgan fingerprint density at radius 1 is 1.18 bits per heavy atom. The van der Waals surface area contributed by atoms with Crippen molar-refractivity contribution >= 4 is 0 Å². The first kappa shape index (κ1) is 11.7. The number of nitrogens with zero attached hydrogens (tertiary/aromatic N) is 3. The highest BCUT2D eigenvalue weighted by Gasteiger charge is 2.07. The van der Waals surface area contributed by atoms with E-state index in [1.807, 2.05) is 0 Å². The van der Waals surface area contributed by atoms with E-state index in [1.54, 1.807) is 10.9 Å². The lowest BCUT2D eigenvalue weighted by atomic mass is 10.1. The first-order chi connectivity index (χ1) is 8.19. The molecule has 0 atom stereocenters. The Balaban J connectivity index is 2.24. The molecule has 90 valence electrons. The molecule has 0 saturated heterocycles. The summed E-state index contributed by atoms with van der Waals surface area (Å²) < 4.78 is 27.6. The number of benzene rings is 1. The van der Waals surface area contributed by atoms with Crippen LogP contribution in [-0.2, 0) is 6.54 Å². The zero-order chi connectivity index (χ0) is 12.3. The van der Waals surface area contributed by atoms with Crippen LogP contribution in [0.2, 0.25) is 0 Å². The van der Waals surface area contributed by atoms with Gasteiger partial charge in [0.25, 0.3) is 0 Å². The Labute approximate surface area is 97.0 Å². The topological polar surface area (TPSA) is 56.7 Å². The molecule has 0 aliphatic rings. The van der Waals surface area contributed by atoms with Crippen LogP contribution in [-0.4, -0.2) is 21.5 Å². The van der Waals surface area contributed by atoms with Gasteiger partial charge in [-0.2, -0.15) is 0 Å². The standard InChI is InChI=1S/C11H12F2N4/c12-9-4-8(5-10(13)6-9)11-7-17(16-15-11)3-1-2-14/h4-7H,1-3,14H2. The van der Waals surface area contributed by atoms with Gasteiger partial charge in [0, 0.05) is 18.2 Å². The summed E-state index contributed by atoms with van der Waals surface area (Å²) in [5, 5.41) is 7.72. The van der Waals surface area contributed by atoms with Crippen LogP contribution in [0.25, 0.3) is 11.3 Å². The lowest BCUT2D eigenvalue weighted by Gasteiger charge is -1.97. The van der Waals surface area contributed by atoms with Crippen LogP contribution in [0, 0.1) is 11.6 Å². The Kier molecular flexibility index (Phi) is 3.43. The zero-order valence-corrected chi connectivity index (χ0v) is 9.11. The van der Waals surface area contributed by atoms with Crippen molar-refractivity contribution in [2.24, 2.45) is 5.73 Å². The minimum absolute atomic E-state index is 0.376. The summed E-state index contributed by atoms with van der Waals surface area (Å²) in [5.41, 5.74) is 6.19. The van der Waals surface area contributed by atoms with E-state index in [9.17, 15) is 8.78 Å². The van der Waals surface area contributed by atoms with Gasteiger partial charge >= 0.3 is 0 Å². The zero-order valence-electron chi connectivity index (χ0n) is 9.11. The maximum Gasteiger partial charge on any atom is 0.126 e. The van der Waals surface area contributed by atoms with Crippen molar-refractivity contribution in [3.63, 3.8) is 0 Å². The van der Waals surface area contributed by atoms with Gasteiger partial charge in [-0.05, 0) is 25.1 Å². The highest BCUT2D eigenvalue weighted by Crippen LogP contribution is 2.18. The number of nitrogens with two attached hydrogens (primary N) is 1. The molecule has 0 unspecified atom stereocenters. The van der Waals surface area contributed by atoms with E-state index in [4.69, 9.17) is 5.73 Å². The first-order valence-electron chi connectivity index (χ1n) is 5.25. The molecule has 0 bridgehead atoms. The number of rotatable bonds is 4. The highest BCUT2D eigenvalue weighted by atomic mass is 19.1. The van der Waals surface area contributed by atoms with Gasteiger partial charge in [-0.1, -0.05) is 5.21 Å². The average molecular weight is 238 g/mol. The number of hydrogen-bond donors (Lipinski definition) is 1. The van der Waals surface area contributed by atoms with Crippen LogP contribution in [0.1, 0.15) is 6.42 Å². The van der Waals surface area contributed by atoms with E-state index in [2.05, 4.69) is 10.3 Å². The molecule has 17 heavy (non-hydrogen) atoms. The van der Waals surface area contributed by atoms with E-state index >= 15 is 0 Å². The fourth-order valence-corrected chi connectivity index (χ4v) is 1.49. The van der Waals surface area contributed by atoms with Crippen molar-refractivity contribution in [1.82, 2.24) is 15.0 Å². The SMILES string of the molecule is NCCCn1cc(-c2cc(F)cc(F)c2)nn1. The fourth-order valence-electron chi connectivity index (χ4n) is 1.49. The molecule has 0 aliphatic carbocycles. The number of halogens is 2. The maximum atomic E-state index is 13.0. The van der Waals surface area contributed by atoms with E-state index < -0.39 is 11.6 Å². The van der Waals surface area contributed by atoms with Crippen LogP contribution in [0.5, 0.6) is 0 Å². The third-order valence-electron chi connectivity index (χ3n) is 2.29. The van der Waals surface area contributed by atoms with Crippen LogP contribution < -0.4 is 5.73 Å². The van der Waals surface area contributed by atoms with Gasteiger partial charge in [-0.3, -0.25) is 4.68 Å². The Morgan fingerprint density at radius 3 is 2.53 bits per heavy atom. The van der Waals surface area contributed by atoms with E-state index in [0.29, 0.717) is 24.3 Å². The second-order valence-electron chi connectivity index (χ2n) is 3.67. The minimum Gasteiger partial charge on any atom is -0.330 e. The highest BCUT2D eigenvalue weighted by molar-refractivity contribution is 5.57. The van der Waals surface area contributed by atoms with Crippen LogP contribution in [0.15, 0.2) is 24.4 Å². The summed E-state index contributed by atoms with van der Waals surface area (Å²) in [6.07, 6.45) is 2.42. The molecule has 4 nitrogen and oxygen atoms in total. The van der Waals surface area contributed by atoms with Crippen molar-refractivity contribution in [3.8, 4) is 11.3 Å². The van der Waals surface area contributed by atoms with Crippen molar-refractivity contribution in [1.29, 1.82) is 0 Å². The van der Waals surface area contributed by atoms with E-state index in [-0.39, 0.29) is 0 Å². The van der Waals surface area contributed by atoms with Gasteiger partial charge in [0.15, 0.2) is 0 Å². The third-order valence-corrected chi connectivity index (χ3v) is 2.29. The van der Waals surface area contributed by atoms with Gasteiger partial charge in [0.05, 0.1) is 6.20 Å². The molecule has 0 fully saturated rings. The largest absolute Gasteiger partial charge is 0.330 e. The molecule has 0 spiro atoms. The van der Waals surface area contributed by atoms with Gasteiger partial charge in [-0.25, -0.2) is 8.78 Å². The molecule has 2 N–H and O–H groups in total. The minimum atomic E-state index is -0.628. The van der Waals surface area contributed by atoms with Crippen molar-refractivity contribution in [2.75, 3.05) is 6.54 Å². The van der Waals surface area contributed by atoms with Crippen molar-refractivity contribution in [3.05, 3.63) is 36.0 Å². The van der Waals surface area contributed by atoms with Gasteiger partial charge in [0.2, 0.25) is 0 Å². The van der Waals surface area contributed by atoms with Gasteiger partial charge in [-0.15, -0.1) is 5.10 Å². The maximum absolute atomic E-state index is 13.0. The molecule has 6 heteroatoms. The molecule has 0 amide bonds. The molecule has 1 heterocycles. The Morgan fingerprint density at radius 2 is 1.88 bits per heavy atom. The van der Waals surface area contributed by atoms with E-state index in [0.717, 1.165) is 12.5 Å². The molecule has 0 saturated carbocycles. The molecular weight excluding hydrogens is 226 g/mol. The summed E-state index contributed by atoms with van der Waals surface area (Å²) in [7, 11) is 0. The number of hydrogen-bond acceptors (Lipinski definition) is 3. The summed E-state index contributed by atoms with van der Waals surface area (Å²) in [4.78, 5) is 0. The van der Waals surface area contributed by atoms with E-state index in [1.165, 1.54) is 12.1 Å². The van der Waals surface area contributed by atoms with Crippen LogP contribution in [0.3, 0.4) is 0 Å². The molecule has 0 radical (unpaired) electrons. The normalized spacial score (nSPS) is 10.8. The van der Waals surface area contributed by atoms with Crippen LogP contribution in [0.4, 0.5) is 8.78 Å². The number of aromatic nitrogens is 3. The van der Waals surface area contributed by atoms with Crippen molar-refractivity contribution in [2.45, 2.75) is 13.0 Å². The molecule has 1 aromatic heterocycles. The molecular formula is C11H12F2N4. The van der Waals surface area contributed by atoms with Gasteiger partial charge in [0.1, 0.15) is 17.3 Å². The third kappa shape index (κ3) is 2.85. The lowest BCUT2D eigenvalue weighted by molar-refractivity contribution is 0.564. The first-order valence-corrected chi connectivity index (χ1v) is 5.25. The molecule has 2 rings (SSSR count). The number of aryl methyl sites for hydroxylation is 1. The fraction of sp³-hybridized carbons (Fsp3) is 0.273. The molecule has 0 aliphatic heterocycles. The second-order valence-corrected chi connectivity index (χ2v) is 3.67. The summed E-state index contributed by atoms with van der Waals surface area (Å²) in [6.45, 7) is 1.20. The predicted molar refractivity (Wildman–Crippen MR) is 59.0 cm³/mol. The molecule has 1 aromatic carbocycles. The molecule has 2 aromatic rings. The van der Waals surface area contributed by atoms with Gasteiger partial charge < -0.3 is 5.73 Å². The average Bonchev–Trinajstić information content (AvgIpc) is 2.73. The smallest absolute Gasteiger partial charge is 0.126 e. The van der Waals surface area contributed by atoms with Crippen molar-refractivity contribution < 1.29 is 8.78 Å². The quantitative estimate of drug-likeness (QED) is 0.879. The lowest BCUT2D eigenvalue weighted by Crippen LogP contribution is -2.06. The Bertz CT molecular complexity index is 490. The predicted octanol–water partition coefficient (Wildman–Crippen LogP) is 1.57.